The van der Waals surface area contributed by atoms with Crippen LogP contribution in [0.5, 0.6) is 5.75 Å². The van der Waals surface area contributed by atoms with Crippen molar-refractivity contribution in [2.45, 2.75) is 13.0 Å². The van der Waals surface area contributed by atoms with Crippen LogP contribution in [-0.2, 0) is 0 Å². The molecular formula is C17H16O2S. The summed E-state index contributed by atoms with van der Waals surface area (Å²) >= 11 is 1.62. The van der Waals surface area contributed by atoms with Crippen LogP contribution in [-0.4, -0.2) is 12.2 Å². The van der Waals surface area contributed by atoms with E-state index in [1.807, 2.05) is 48.7 Å². The van der Waals surface area contributed by atoms with E-state index in [1.165, 1.54) is 0 Å². The number of hydrogen-bond donors (Lipinski definition) is 1. The molecule has 3 heteroatoms. The Hall–Kier alpha value is -1.84. The van der Waals surface area contributed by atoms with Crippen LogP contribution in [0.4, 0.5) is 0 Å². The van der Waals surface area contributed by atoms with Crippen molar-refractivity contribution >= 4 is 22.1 Å². The highest BCUT2D eigenvalue weighted by Gasteiger charge is 2.17. The molecule has 102 valence electrons. The van der Waals surface area contributed by atoms with E-state index < -0.39 is 6.10 Å². The van der Waals surface area contributed by atoms with Crippen LogP contribution in [0.1, 0.15) is 22.8 Å². The molecule has 1 N–H and O–H groups in total. The molecule has 0 spiro atoms. The minimum atomic E-state index is -0.600. The van der Waals surface area contributed by atoms with Crippen molar-refractivity contribution in [2.75, 3.05) is 7.11 Å². The van der Waals surface area contributed by atoms with Crippen molar-refractivity contribution in [1.82, 2.24) is 0 Å². The van der Waals surface area contributed by atoms with Gasteiger partial charge in [0.05, 0.1) is 7.11 Å². The smallest absolute Gasteiger partial charge is 0.126 e. The SMILES string of the molecule is COc1ccc(C(O)c2cscc2C)c2ccccc12. The van der Waals surface area contributed by atoms with E-state index in [-0.39, 0.29) is 0 Å². The number of hydrogen-bond acceptors (Lipinski definition) is 3. The summed E-state index contributed by atoms with van der Waals surface area (Å²) in [6.45, 7) is 2.03. The summed E-state index contributed by atoms with van der Waals surface area (Å²) in [5.74, 6) is 0.832. The first-order valence-electron chi connectivity index (χ1n) is 6.48. The van der Waals surface area contributed by atoms with Crippen LogP contribution in [0, 0.1) is 6.92 Å². The molecule has 0 bridgehead atoms. The third kappa shape index (κ3) is 2.09. The molecule has 20 heavy (non-hydrogen) atoms. The van der Waals surface area contributed by atoms with E-state index in [1.54, 1.807) is 18.4 Å². The Morgan fingerprint density at radius 2 is 1.75 bits per heavy atom. The quantitative estimate of drug-likeness (QED) is 0.777. The van der Waals surface area contributed by atoms with Gasteiger partial charge in [-0.25, -0.2) is 0 Å². The molecule has 3 rings (SSSR count). The van der Waals surface area contributed by atoms with E-state index in [0.29, 0.717) is 0 Å². The minimum absolute atomic E-state index is 0.600. The highest BCUT2D eigenvalue weighted by atomic mass is 32.1. The number of ether oxygens (including phenoxy) is 1. The summed E-state index contributed by atoms with van der Waals surface area (Å²) in [6, 6.07) is 11.9. The predicted octanol–water partition coefficient (Wildman–Crippen LogP) is 4.30. The third-order valence-corrected chi connectivity index (χ3v) is 4.50. The maximum atomic E-state index is 10.7. The monoisotopic (exact) mass is 284 g/mol. The van der Waals surface area contributed by atoms with Crippen LogP contribution in [0.15, 0.2) is 47.2 Å². The van der Waals surface area contributed by atoms with Gasteiger partial charge in [0.2, 0.25) is 0 Å². The van der Waals surface area contributed by atoms with Crippen molar-refractivity contribution in [3.8, 4) is 5.75 Å². The molecule has 0 saturated heterocycles. The number of benzene rings is 2. The Morgan fingerprint density at radius 1 is 1.00 bits per heavy atom. The summed E-state index contributed by atoms with van der Waals surface area (Å²) < 4.78 is 5.40. The Bertz CT molecular complexity index is 746. The van der Waals surface area contributed by atoms with Crippen LogP contribution in [0.3, 0.4) is 0 Å². The maximum absolute atomic E-state index is 10.7. The van der Waals surface area contributed by atoms with Gasteiger partial charge < -0.3 is 9.84 Å². The fourth-order valence-electron chi connectivity index (χ4n) is 2.53. The van der Waals surface area contributed by atoms with E-state index in [4.69, 9.17) is 4.74 Å². The number of thiophene rings is 1. The van der Waals surface area contributed by atoms with Gasteiger partial charge in [0.1, 0.15) is 11.9 Å². The number of rotatable bonds is 3. The number of methoxy groups -OCH3 is 1. The zero-order valence-electron chi connectivity index (χ0n) is 11.5. The second-order valence-corrected chi connectivity index (χ2v) is 5.56. The highest BCUT2D eigenvalue weighted by molar-refractivity contribution is 7.08. The van der Waals surface area contributed by atoms with Crippen molar-refractivity contribution < 1.29 is 9.84 Å². The first-order valence-corrected chi connectivity index (χ1v) is 7.43. The van der Waals surface area contributed by atoms with Crippen molar-refractivity contribution in [1.29, 1.82) is 0 Å². The Kier molecular flexibility index (Phi) is 3.47. The molecule has 1 heterocycles. The maximum Gasteiger partial charge on any atom is 0.126 e. The van der Waals surface area contributed by atoms with E-state index in [2.05, 4.69) is 5.38 Å². The zero-order chi connectivity index (χ0) is 14.1. The van der Waals surface area contributed by atoms with Crippen LogP contribution >= 0.6 is 11.3 Å². The van der Waals surface area contributed by atoms with Gasteiger partial charge >= 0.3 is 0 Å². The number of aliphatic hydroxyl groups excluding tert-OH is 1. The largest absolute Gasteiger partial charge is 0.496 e. The molecule has 1 aromatic heterocycles. The number of aliphatic hydroxyl groups is 1. The summed E-state index contributed by atoms with van der Waals surface area (Å²) in [4.78, 5) is 0. The second kappa shape index (κ2) is 5.27. The van der Waals surface area contributed by atoms with Gasteiger partial charge in [0.25, 0.3) is 0 Å². The molecule has 0 aliphatic carbocycles. The predicted molar refractivity (Wildman–Crippen MR) is 83.6 cm³/mol. The fourth-order valence-corrected chi connectivity index (χ4v) is 3.40. The van der Waals surface area contributed by atoms with Crippen molar-refractivity contribution in [3.63, 3.8) is 0 Å². The molecule has 3 aromatic rings. The average molecular weight is 284 g/mol. The third-order valence-electron chi connectivity index (χ3n) is 3.62. The van der Waals surface area contributed by atoms with Crippen LogP contribution in [0.25, 0.3) is 10.8 Å². The van der Waals surface area contributed by atoms with Gasteiger partial charge in [-0.3, -0.25) is 0 Å². The molecule has 0 fully saturated rings. The van der Waals surface area contributed by atoms with Crippen LogP contribution in [0.2, 0.25) is 0 Å². The molecule has 0 radical (unpaired) electrons. The summed E-state index contributed by atoms with van der Waals surface area (Å²) in [5, 5.41) is 16.8. The lowest BCUT2D eigenvalue weighted by atomic mass is 9.95. The fraction of sp³-hybridized carbons (Fsp3) is 0.176. The Morgan fingerprint density at radius 3 is 2.40 bits per heavy atom. The van der Waals surface area contributed by atoms with E-state index in [0.717, 1.165) is 33.2 Å². The second-order valence-electron chi connectivity index (χ2n) is 4.82. The Balaban J connectivity index is 2.20. The first kappa shape index (κ1) is 13.2. The van der Waals surface area contributed by atoms with Gasteiger partial charge in [0.15, 0.2) is 0 Å². The van der Waals surface area contributed by atoms with Crippen molar-refractivity contribution in [3.05, 3.63) is 63.8 Å². The molecule has 2 nitrogen and oxygen atoms in total. The van der Waals surface area contributed by atoms with Crippen LogP contribution < -0.4 is 4.74 Å². The van der Waals surface area contributed by atoms with E-state index in [9.17, 15) is 5.11 Å². The van der Waals surface area contributed by atoms with Crippen molar-refractivity contribution in [2.24, 2.45) is 0 Å². The number of aryl methyl sites for hydroxylation is 1. The molecule has 0 aliphatic rings. The molecule has 1 atom stereocenters. The molecule has 1 unspecified atom stereocenters. The normalized spacial score (nSPS) is 12.6. The molecule has 0 amide bonds. The van der Waals surface area contributed by atoms with Gasteiger partial charge in [-0.2, -0.15) is 11.3 Å². The van der Waals surface area contributed by atoms with Gasteiger partial charge in [-0.05, 0) is 45.8 Å². The van der Waals surface area contributed by atoms with Gasteiger partial charge in [0, 0.05) is 5.39 Å². The first-order chi connectivity index (χ1) is 9.72. The molecule has 0 saturated carbocycles. The zero-order valence-corrected chi connectivity index (χ0v) is 12.3. The average Bonchev–Trinajstić information content (AvgIpc) is 2.91. The van der Waals surface area contributed by atoms with Gasteiger partial charge in [-0.1, -0.05) is 30.3 Å². The molecule has 0 aliphatic heterocycles. The lowest BCUT2D eigenvalue weighted by molar-refractivity contribution is 0.221. The molecular weight excluding hydrogens is 268 g/mol. The standard InChI is InChI=1S/C17H16O2S/c1-11-9-20-10-15(11)17(18)14-7-8-16(19-2)13-6-4-3-5-12(13)14/h3-10,17-18H,1-2H3. The minimum Gasteiger partial charge on any atom is -0.496 e. The topological polar surface area (TPSA) is 29.5 Å². The lowest BCUT2D eigenvalue weighted by Gasteiger charge is -2.15. The summed E-state index contributed by atoms with van der Waals surface area (Å²) in [6.07, 6.45) is -0.600. The summed E-state index contributed by atoms with van der Waals surface area (Å²) in [7, 11) is 1.67. The van der Waals surface area contributed by atoms with Gasteiger partial charge in [-0.15, -0.1) is 0 Å². The Labute approximate surface area is 122 Å². The number of fused-ring (bicyclic) bond motifs is 1. The summed E-state index contributed by atoms with van der Waals surface area (Å²) in [5.41, 5.74) is 3.02. The molecule has 2 aromatic carbocycles. The lowest BCUT2D eigenvalue weighted by Crippen LogP contribution is -2.01. The highest BCUT2D eigenvalue weighted by Crippen LogP contribution is 2.35. The van der Waals surface area contributed by atoms with E-state index >= 15 is 0 Å².